The van der Waals surface area contributed by atoms with Gasteiger partial charge in [0.2, 0.25) is 0 Å². The molecule has 0 unspecified atom stereocenters. The van der Waals surface area contributed by atoms with Gasteiger partial charge < -0.3 is 18.9 Å². The Hall–Kier alpha value is -3.61. The Labute approximate surface area is 175 Å². The lowest BCUT2D eigenvalue weighted by atomic mass is 9.92. The average molecular weight is 412 g/mol. The topological polar surface area (TPSA) is 88.1 Å². The first-order valence-corrected chi connectivity index (χ1v) is 9.17. The van der Waals surface area contributed by atoms with Gasteiger partial charge in [-0.3, -0.25) is 0 Å². The van der Waals surface area contributed by atoms with Gasteiger partial charge in [0.15, 0.2) is 5.57 Å². The van der Waals surface area contributed by atoms with Crippen molar-refractivity contribution in [3.05, 3.63) is 70.8 Å². The van der Waals surface area contributed by atoms with Crippen LogP contribution < -0.4 is 4.74 Å². The molecule has 0 saturated carbocycles. The van der Waals surface area contributed by atoms with Crippen LogP contribution in [0.5, 0.6) is 5.75 Å². The molecule has 0 heterocycles. The fourth-order valence-electron chi connectivity index (χ4n) is 2.99. The molecule has 30 heavy (non-hydrogen) atoms. The van der Waals surface area contributed by atoms with Crippen molar-refractivity contribution < 1.29 is 33.3 Å². The first-order chi connectivity index (χ1) is 14.5. The van der Waals surface area contributed by atoms with Crippen LogP contribution in [0.2, 0.25) is 0 Å². The summed E-state index contributed by atoms with van der Waals surface area (Å²) in [5.41, 5.74) is 1.53. The van der Waals surface area contributed by atoms with Crippen LogP contribution in [0.1, 0.15) is 16.7 Å². The number of rotatable bonds is 8. The molecule has 0 amide bonds. The van der Waals surface area contributed by atoms with Gasteiger partial charge in [-0.05, 0) is 41.7 Å². The summed E-state index contributed by atoms with van der Waals surface area (Å²) < 4.78 is 19.4. The monoisotopic (exact) mass is 412 g/mol. The molecular weight excluding hydrogens is 388 g/mol. The van der Waals surface area contributed by atoms with E-state index in [0.29, 0.717) is 18.4 Å². The summed E-state index contributed by atoms with van der Waals surface area (Å²) in [4.78, 5) is 37.2. The molecule has 0 aliphatic rings. The lowest BCUT2D eigenvalue weighted by Gasteiger charge is -2.15. The van der Waals surface area contributed by atoms with Crippen LogP contribution in [0.15, 0.2) is 54.1 Å². The summed E-state index contributed by atoms with van der Waals surface area (Å²) in [5.74, 6) is -2.03. The largest absolute Gasteiger partial charge is 0.497 e. The van der Waals surface area contributed by atoms with Gasteiger partial charge in [-0.2, -0.15) is 0 Å². The molecule has 2 rings (SSSR count). The van der Waals surface area contributed by atoms with E-state index >= 15 is 0 Å². The van der Waals surface area contributed by atoms with Gasteiger partial charge in [-0.25, -0.2) is 14.4 Å². The molecule has 0 radical (unpaired) electrons. The van der Waals surface area contributed by atoms with E-state index in [0.717, 1.165) is 31.1 Å². The van der Waals surface area contributed by atoms with E-state index < -0.39 is 23.5 Å². The highest BCUT2D eigenvalue weighted by atomic mass is 16.5. The predicted octanol–water partition coefficient (Wildman–Crippen LogP) is 2.75. The van der Waals surface area contributed by atoms with Gasteiger partial charge in [-0.1, -0.05) is 36.4 Å². The fourth-order valence-corrected chi connectivity index (χ4v) is 2.99. The number of aryl methyl sites for hydroxylation is 2. The fraction of sp³-hybridized carbons (Fsp3) is 0.261. The molecule has 2 aromatic rings. The molecule has 0 aliphatic carbocycles. The van der Waals surface area contributed by atoms with Crippen LogP contribution in [0.4, 0.5) is 0 Å². The van der Waals surface area contributed by atoms with E-state index in [1.54, 1.807) is 19.2 Å². The van der Waals surface area contributed by atoms with Crippen LogP contribution in [0, 0.1) is 0 Å². The van der Waals surface area contributed by atoms with Crippen molar-refractivity contribution in [2.45, 2.75) is 12.8 Å². The third-order valence-electron chi connectivity index (χ3n) is 4.55. The second-order valence-electron chi connectivity index (χ2n) is 6.23. The quantitative estimate of drug-likeness (QED) is 0.217. The highest BCUT2D eigenvalue weighted by Crippen LogP contribution is 2.27. The van der Waals surface area contributed by atoms with Gasteiger partial charge in [0.1, 0.15) is 5.75 Å². The highest BCUT2D eigenvalue weighted by molar-refractivity contribution is 6.32. The molecule has 2 aromatic carbocycles. The summed E-state index contributed by atoms with van der Waals surface area (Å²) in [5, 5.41) is 0. The Balaban J connectivity index is 2.52. The Morgan fingerprint density at radius 1 is 0.700 bits per heavy atom. The zero-order valence-corrected chi connectivity index (χ0v) is 17.4. The van der Waals surface area contributed by atoms with E-state index in [-0.39, 0.29) is 5.57 Å². The molecule has 0 aromatic heterocycles. The number of hydrogen-bond donors (Lipinski definition) is 0. The molecular formula is C23H24O7. The summed E-state index contributed by atoms with van der Waals surface area (Å²) in [7, 11) is 5.02. The van der Waals surface area contributed by atoms with Gasteiger partial charge >= 0.3 is 17.9 Å². The molecule has 0 N–H and O–H groups in total. The summed E-state index contributed by atoms with van der Waals surface area (Å²) >= 11 is 0. The predicted molar refractivity (Wildman–Crippen MR) is 110 cm³/mol. The number of methoxy groups -OCH3 is 4. The van der Waals surface area contributed by atoms with Gasteiger partial charge in [-0.15, -0.1) is 0 Å². The minimum atomic E-state index is -0.979. The van der Waals surface area contributed by atoms with Gasteiger partial charge in [0.25, 0.3) is 0 Å². The average Bonchev–Trinajstić information content (AvgIpc) is 2.80. The van der Waals surface area contributed by atoms with Crippen molar-refractivity contribution in [1.82, 2.24) is 0 Å². The van der Waals surface area contributed by atoms with Crippen LogP contribution in [0.25, 0.3) is 5.57 Å². The second-order valence-corrected chi connectivity index (χ2v) is 6.23. The van der Waals surface area contributed by atoms with E-state index in [9.17, 15) is 14.4 Å². The zero-order chi connectivity index (χ0) is 22.1. The van der Waals surface area contributed by atoms with E-state index in [2.05, 4.69) is 0 Å². The molecule has 0 fully saturated rings. The second kappa shape index (κ2) is 10.8. The Bertz CT molecular complexity index is 924. The molecule has 0 atom stereocenters. The van der Waals surface area contributed by atoms with Crippen LogP contribution >= 0.6 is 0 Å². The maximum Gasteiger partial charge on any atom is 0.346 e. The number of carbonyl (C=O) groups is 3. The summed E-state index contributed by atoms with van der Waals surface area (Å²) in [6.07, 6.45) is 1.22. The van der Waals surface area contributed by atoms with E-state index in [1.165, 1.54) is 7.11 Å². The van der Waals surface area contributed by atoms with Crippen molar-refractivity contribution in [3.63, 3.8) is 0 Å². The standard InChI is InChI=1S/C23H24O7/c1-27-17-13-10-15(11-14-17)9-12-16-7-5-6-8-18(16)19(21(24)28-2)20(22(25)29-3)23(26)30-4/h5-8,10-11,13-14H,9,12H2,1-4H3. The normalized spacial score (nSPS) is 10.0. The van der Waals surface area contributed by atoms with Crippen molar-refractivity contribution >= 4 is 23.5 Å². The van der Waals surface area contributed by atoms with Crippen molar-refractivity contribution in [2.75, 3.05) is 28.4 Å². The van der Waals surface area contributed by atoms with Crippen LogP contribution in [-0.2, 0) is 41.4 Å². The summed E-state index contributed by atoms with van der Waals surface area (Å²) in [6.45, 7) is 0. The first-order valence-electron chi connectivity index (χ1n) is 9.17. The lowest BCUT2D eigenvalue weighted by molar-refractivity contribution is -0.145. The van der Waals surface area contributed by atoms with E-state index in [4.69, 9.17) is 18.9 Å². The van der Waals surface area contributed by atoms with Crippen LogP contribution in [-0.4, -0.2) is 46.3 Å². The lowest BCUT2D eigenvalue weighted by Crippen LogP contribution is -2.22. The van der Waals surface area contributed by atoms with Crippen molar-refractivity contribution in [2.24, 2.45) is 0 Å². The Morgan fingerprint density at radius 3 is 1.80 bits per heavy atom. The minimum absolute atomic E-state index is 0.193. The molecule has 7 nitrogen and oxygen atoms in total. The molecule has 158 valence electrons. The maximum absolute atomic E-state index is 12.6. The number of esters is 3. The van der Waals surface area contributed by atoms with E-state index in [1.807, 2.05) is 36.4 Å². The summed E-state index contributed by atoms with van der Waals surface area (Å²) in [6, 6.07) is 14.6. The Kier molecular flexibility index (Phi) is 8.17. The van der Waals surface area contributed by atoms with Crippen LogP contribution in [0.3, 0.4) is 0 Å². The molecule has 0 spiro atoms. The molecule has 0 saturated heterocycles. The SMILES string of the molecule is COC(=O)C(C(=O)OC)=C(C(=O)OC)c1ccccc1CCc1ccc(OC)cc1. The third-order valence-corrected chi connectivity index (χ3v) is 4.55. The van der Waals surface area contributed by atoms with Gasteiger partial charge in [0.05, 0.1) is 34.0 Å². The molecule has 0 aliphatic heterocycles. The number of ether oxygens (including phenoxy) is 4. The molecule has 0 bridgehead atoms. The molecule has 7 heteroatoms. The number of carbonyl (C=O) groups excluding carboxylic acids is 3. The maximum atomic E-state index is 12.6. The van der Waals surface area contributed by atoms with Crippen molar-refractivity contribution in [3.8, 4) is 5.75 Å². The minimum Gasteiger partial charge on any atom is -0.497 e. The first kappa shape index (κ1) is 22.7. The Morgan fingerprint density at radius 2 is 1.27 bits per heavy atom. The highest BCUT2D eigenvalue weighted by Gasteiger charge is 2.31. The van der Waals surface area contributed by atoms with Crippen molar-refractivity contribution in [1.29, 1.82) is 0 Å². The zero-order valence-electron chi connectivity index (χ0n) is 17.4. The third kappa shape index (κ3) is 5.26. The number of benzene rings is 2. The van der Waals surface area contributed by atoms with Gasteiger partial charge in [0, 0.05) is 0 Å². The number of hydrogen-bond acceptors (Lipinski definition) is 7. The smallest absolute Gasteiger partial charge is 0.346 e.